The largest absolute Gasteiger partial charge is 0.342 e. The fourth-order valence-electron chi connectivity index (χ4n) is 4.86. The first-order valence-corrected chi connectivity index (χ1v) is 10.2. The van der Waals surface area contributed by atoms with Gasteiger partial charge < -0.3 is 4.90 Å². The molecule has 0 aliphatic carbocycles. The monoisotopic (exact) mass is 396 g/mol. The summed E-state index contributed by atoms with van der Waals surface area (Å²) in [7, 11) is 0. The molecule has 0 radical (unpaired) electrons. The standard InChI is InChI=1S/C22H20N8/c1-2-22-9-6-10-30(22)20-17(29-14-26-28-21(22)29)12-24-19(27-20)16-11-23-13-25-18(16)15-7-4-3-5-8-15/h3-5,7-8,11-14H,2,6,9-10H2,1H3/t22-/m0/s1. The summed E-state index contributed by atoms with van der Waals surface area (Å²) in [5.74, 6) is 2.54. The first-order chi connectivity index (χ1) is 14.8. The zero-order valence-electron chi connectivity index (χ0n) is 16.6. The average molecular weight is 396 g/mol. The Morgan fingerprint density at radius 3 is 2.87 bits per heavy atom. The van der Waals surface area contributed by atoms with Crippen LogP contribution < -0.4 is 4.90 Å². The van der Waals surface area contributed by atoms with Gasteiger partial charge in [-0.05, 0) is 19.3 Å². The van der Waals surface area contributed by atoms with E-state index in [1.807, 2.05) is 41.1 Å². The molecule has 1 fully saturated rings. The molecule has 1 saturated heterocycles. The van der Waals surface area contributed by atoms with Crippen LogP contribution in [-0.2, 0) is 5.54 Å². The lowest BCUT2D eigenvalue weighted by atomic mass is 9.90. The molecule has 0 saturated carbocycles. The van der Waals surface area contributed by atoms with E-state index in [-0.39, 0.29) is 5.54 Å². The van der Waals surface area contributed by atoms with Crippen molar-refractivity contribution in [2.75, 3.05) is 11.4 Å². The number of benzene rings is 1. The molecule has 0 unspecified atom stereocenters. The van der Waals surface area contributed by atoms with Crippen LogP contribution in [0, 0.1) is 0 Å². The highest BCUT2D eigenvalue weighted by molar-refractivity contribution is 5.78. The van der Waals surface area contributed by atoms with Gasteiger partial charge in [0.1, 0.15) is 23.9 Å². The number of rotatable bonds is 3. The molecule has 0 bridgehead atoms. The molecule has 5 heterocycles. The van der Waals surface area contributed by atoms with E-state index in [1.54, 1.807) is 18.9 Å². The zero-order valence-corrected chi connectivity index (χ0v) is 16.6. The van der Waals surface area contributed by atoms with Gasteiger partial charge in [0.05, 0.1) is 17.5 Å². The molecule has 148 valence electrons. The summed E-state index contributed by atoms with van der Waals surface area (Å²) >= 11 is 0. The lowest BCUT2D eigenvalue weighted by Gasteiger charge is -2.42. The van der Waals surface area contributed by atoms with Gasteiger partial charge in [-0.3, -0.25) is 4.57 Å². The van der Waals surface area contributed by atoms with Gasteiger partial charge >= 0.3 is 0 Å². The van der Waals surface area contributed by atoms with Crippen LogP contribution in [0.25, 0.3) is 28.3 Å². The molecule has 1 atom stereocenters. The number of aromatic nitrogens is 7. The van der Waals surface area contributed by atoms with Gasteiger partial charge in [0.2, 0.25) is 0 Å². The highest BCUT2D eigenvalue weighted by Gasteiger charge is 2.49. The lowest BCUT2D eigenvalue weighted by molar-refractivity contribution is 0.382. The molecule has 8 heteroatoms. The molecule has 0 amide bonds. The normalized spacial score (nSPS) is 19.3. The molecule has 3 aromatic heterocycles. The Kier molecular flexibility index (Phi) is 3.68. The summed E-state index contributed by atoms with van der Waals surface area (Å²) in [5, 5.41) is 8.67. The SMILES string of the molecule is CC[C@@]12CCCN1c1nc(-c3cncnc3-c3ccccc3)ncc1-n1cnnc12. The van der Waals surface area contributed by atoms with Crippen molar-refractivity contribution >= 4 is 5.82 Å². The second kappa shape index (κ2) is 6.41. The third-order valence-electron chi connectivity index (χ3n) is 6.30. The number of fused-ring (bicyclic) bond motifs is 6. The molecular formula is C22H20N8. The zero-order chi connectivity index (χ0) is 20.1. The summed E-state index contributed by atoms with van der Waals surface area (Å²) in [6.07, 6.45) is 10.1. The van der Waals surface area contributed by atoms with E-state index >= 15 is 0 Å². The molecule has 30 heavy (non-hydrogen) atoms. The van der Waals surface area contributed by atoms with Gasteiger partial charge in [-0.2, -0.15) is 0 Å². The van der Waals surface area contributed by atoms with Crippen LogP contribution in [0.1, 0.15) is 32.0 Å². The van der Waals surface area contributed by atoms with E-state index in [1.165, 1.54) is 0 Å². The van der Waals surface area contributed by atoms with Crippen LogP contribution in [0.3, 0.4) is 0 Å². The van der Waals surface area contributed by atoms with E-state index in [0.717, 1.165) is 60.0 Å². The third kappa shape index (κ3) is 2.27. The Hall–Kier alpha value is -3.68. The van der Waals surface area contributed by atoms with Crippen LogP contribution in [0.15, 0.2) is 55.4 Å². The Labute approximate surface area is 173 Å². The number of nitrogens with zero attached hydrogens (tertiary/aromatic N) is 8. The Balaban J connectivity index is 1.55. The first-order valence-electron chi connectivity index (χ1n) is 10.2. The van der Waals surface area contributed by atoms with Crippen molar-refractivity contribution in [3.63, 3.8) is 0 Å². The second-order valence-corrected chi connectivity index (χ2v) is 7.72. The van der Waals surface area contributed by atoms with Crippen LogP contribution in [0.5, 0.6) is 0 Å². The van der Waals surface area contributed by atoms with Crippen molar-refractivity contribution in [2.24, 2.45) is 0 Å². The maximum Gasteiger partial charge on any atom is 0.165 e. The van der Waals surface area contributed by atoms with Crippen molar-refractivity contribution in [3.05, 3.63) is 61.2 Å². The van der Waals surface area contributed by atoms with Gasteiger partial charge in [-0.25, -0.2) is 19.9 Å². The smallest absolute Gasteiger partial charge is 0.165 e. The van der Waals surface area contributed by atoms with Gasteiger partial charge in [-0.15, -0.1) is 10.2 Å². The molecule has 1 aromatic carbocycles. The van der Waals surface area contributed by atoms with E-state index in [2.05, 4.69) is 32.0 Å². The van der Waals surface area contributed by atoms with E-state index in [4.69, 9.17) is 9.97 Å². The fraction of sp³-hybridized carbons (Fsp3) is 0.273. The molecular weight excluding hydrogens is 376 g/mol. The highest BCUT2D eigenvalue weighted by atomic mass is 15.4. The maximum absolute atomic E-state index is 5.04. The lowest BCUT2D eigenvalue weighted by Crippen LogP contribution is -2.46. The van der Waals surface area contributed by atoms with E-state index < -0.39 is 0 Å². The summed E-state index contributed by atoms with van der Waals surface area (Å²) in [6, 6.07) is 10.1. The number of hydrogen-bond acceptors (Lipinski definition) is 7. The summed E-state index contributed by atoms with van der Waals surface area (Å²) in [6.45, 7) is 3.16. The van der Waals surface area contributed by atoms with Gasteiger partial charge in [-0.1, -0.05) is 37.3 Å². The predicted molar refractivity (Wildman–Crippen MR) is 112 cm³/mol. The molecule has 2 aliphatic rings. The fourth-order valence-corrected chi connectivity index (χ4v) is 4.86. The Morgan fingerprint density at radius 1 is 1.10 bits per heavy atom. The van der Waals surface area contributed by atoms with Gasteiger partial charge in [0, 0.05) is 18.3 Å². The number of hydrogen-bond donors (Lipinski definition) is 0. The number of anilines is 1. The summed E-state index contributed by atoms with van der Waals surface area (Å²) in [5.41, 5.74) is 3.42. The maximum atomic E-state index is 5.04. The molecule has 6 rings (SSSR count). The molecule has 0 N–H and O–H groups in total. The minimum Gasteiger partial charge on any atom is -0.342 e. The van der Waals surface area contributed by atoms with Crippen molar-refractivity contribution in [1.29, 1.82) is 0 Å². The summed E-state index contributed by atoms with van der Waals surface area (Å²) in [4.78, 5) is 20.9. The quantitative estimate of drug-likeness (QED) is 0.525. The van der Waals surface area contributed by atoms with E-state index in [0.29, 0.717) is 5.82 Å². The van der Waals surface area contributed by atoms with E-state index in [9.17, 15) is 0 Å². The van der Waals surface area contributed by atoms with Crippen LogP contribution >= 0.6 is 0 Å². The van der Waals surface area contributed by atoms with Crippen LogP contribution in [-0.4, -0.2) is 41.2 Å². The van der Waals surface area contributed by atoms with Crippen molar-refractivity contribution < 1.29 is 0 Å². The van der Waals surface area contributed by atoms with Crippen molar-refractivity contribution in [3.8, 4) is 28.3 Å². The minimum absolute atomic E-state index is 0.162. The van der Waals surface area contributed by atoms with Crippen LogP contribution in [0.4, 0.5) is 5.82 Å². The Bertz CT molecular complexity index is 1230. The molecule has 2 aliphatic heterocycles. The van der Waals surface area contributed by atoms with Gasteiger partial charge in [0.15, 0.2) is 17.5 Å². The van der Waals surface area contributed by atoms with Gasteiger partial charge in [0.25, 0.3) is 0 Å². The highest BCUT2D eigenvalue weighted by Crippen LogP contribution is 2.48. The Morgan fingerprint density at radius 2 is 2.00 bits per heavy atom. The van der Waals surface area contributed by atoms with Crippen LogP contribution in [0.2, 0.25) is 0 Å². The topological polar surface area (TPSA) is 85.5 Å². The molecule has 0 spiro atoms. The predicted octanol–water partition coefficient (Wildman–Crippen LogP) is 3.40. The summed E-state index contributed by atoms with van der Waals surface area (Å²) < 4.78 is 2.05. The third-order valence-corrected chi connectivity index (χ3v) is 6.30. The average Bonchev–Trinajstić information content (AvgIpc) is 3.47. The van der Waals surface area contributed by atoms with Crippen molar-refractivity contribution in [2.45, 2.75) is 31.7 Å². The van der Waals surface area contributed by atoms with Crippen molar-refractivity contribution in [1.82, 2.24) is 34.7 Å². The second-order valence-electron chi connectivity index (χ2n) is 7.72. The molecule has 4 aromatic rings. The minimum atomic E-state index is -0.162. The molecule has 8 nitrogen and oxygen atoms in total. The first kappa shape index (κ1) is 17.2.